The van der Waals surface area contributed by atoms with E-state index in [1.807, 2.05) is 48.5 Å². The number of hydrogen-bond donors (Lipinski definition) is 0. The van der Waals surface area contributed by atoms with Crippen LogP contribution in [0.4, 0.5) is 0 Å². The van der Waals surface area contributed by atoms with Crippen molar-refractivity contribution in [1.82, 2.24) is 0 Å². The summed E-state index contributed by atoms with van der Waals surface area (Å²) in [6.45, 7) is 0. The third-order valence-electron chi connectivity index (χ3n) is 2.63. The smallest absolute Gasteiger partial charge is 0.193 e. The van der Waals surface area contributed by atoms with E-state index in [4.69, 9.17) is 0 Å². The quantitative estimate of drug-likeness (QED) is 0.588. The SMILES string of the molecule is CSCc1ccc(C(=O)c2ccc(I)cc2)cc1. The monoisotopic (exact) mass is 368 g/mol. The van der Waals surface area contributed by atoms with Gasteiger partial charge in [0.1, 0.15) is 0 Å². The van der Waals surface area contributed by atoms with Crippen molar-refractivity contribution >= 4 is 40.1 Å². The molecule has 18 heavy (non-hydrogen) atoms. The van der Waals surface area contributed by atoms with E-state index in [2.05, 4.69) is 28.8 Å². The summed E-state index contributed by atoms with van der Waals surface area (Å²) in [5.41, 5.74) is 2.75. The summed E-state index contributed by atoms with van der Waals surface area (Å²) in [5, 5.41) is 0. The van der Waals surface area contributed by atoms with Crippen LogP contribution in [-0.2, 0) is 5.75 Å². The number of ketones is 1. The molecule has 0 radical (unpaired) electrons. The van der Waals surface area contributed by atoms with Crippen LogP contribution in [0.2, 0.25) is 0 Å². The van der Waals surface area contributed by atoms with Crippen LogP contribution in [0.15, 0.2) is 48.5 Å². The molecule has 0 aliphatic carbocycles. The van der Waals surface area contributed by atoms with E-state index in [0.29, 0.717) is 0 Å². The van der Waals surface area contributed by atoms with Gasteiger partial charge in [0.15, 0.2) is 5.78 Å². The van der Waals surface area contributed by atoms with Crippen molar-refractivity contribution in [2.45, 2.75) is 5.75 Å². The van der Waals surface area contributed by atoms with Gasteiger partial charge in [-0.1, -0.05) is 24.3 Å². The average Bonchev–Trinajstić information content (AvgIpc) is 2.40. The van der Waals surface area contributed by atoms with Crippen molar-refractivity contribution in [2.75, 3.05) is 6.26 Å². The Hall–Kier alpha value is -0.810. The molecule has 0 amide bonds. The Kier molecular flexibility index (Phi) is 4.83. The first-order valence-corrected chi connectivity index (χ1v) is 8.06. The van der Waals surface area contributed by atoms with Gasteiger partial charge >= 0.3 is 0 Å². The second-order valence-corrected chi connectivity index (χ2v) is 6.08. The molecule has 2 rings (SSSR count). The highest BCUT2D eigenvalue weighted by molar-refractivity contribution is 14.1. The lowest BCUT2D eigenvalue weighted by Gasteiger charge is -2.03. The van der Waals surface area contributed by atoms with E-state index >= 15 is 0 Å². The Morgan fingerprint density at radius 3 is 2.00 bits per heavy atom. The standard InChI is InChI=1S/C15H13IOS/c1-18-10-11-2-4-12(5-3-11)15(17)13-6-8-14(16)9-7-13/h2-9H,10H2,1H3. The fourth-order valence-electron chi connectivity index (χ4n) is 1.69. The van der Waals surface area contributed by atoms with Gasteiger partial charge in [0.05, 0.1) is 0 Å². The highest BCUT2D eigenvalue weighted by Crippen LogP contribution is 2.15. The molecule has 0 aliphatic rings. The molecule has 2 aromatic rings. The summed E-state index contributed by atoms with van der Waals surface area (Å²) < 4.78 is 1.14. The van der Waals surface area contributed by atoms with E-state index in [0.717, 1.165) is 20.4 Å². The van der Waals surface area contributed by atoms with Crippen molar-refractivity contribution in [3.05, 3.63) is 68.8 Å². The fourth-order valence-corrected chi connectivity index (χ4v) is 2.57. The molecule has 0 unspecified atom stereocenters. The summed E-state index contributed by atoms with van der Waals surface area (Å²) in [6.07, 6.45) is 2.07. The minimum atomic E-state index is 0.0853. The molecule has 0 spiro atoms. The Morgan fingerprint density at radius 1 is 1.00 bits per heavy atom. The Labute approximate surface area is 125 Å². The number of halogens is 1. The molecule has 0 saturated carbocycles. The Morgan fingerprint density at radius 2 is 1.50 bits per heavy atom. The summed E-state index contributed by atoms with van der Waals surface area (Å²) in [4.78, 5) is 12.2. The second kappa shape index (κ2) is 6.38. The van der Waals surface area contributed by atoms with Crippen molar-refractivity contribution < 1.29 is 4.79 Å². The van der Waals surface area contributed by atoms with E-state index in [1.165, 1.54) is 5.56 Å². The number of thioether (sulfide) groups is 1. The van der Waals surface area contributed by atoms with Crippen LogP contribution in [0.25, 0.3) is 0 Å². The largest absolute Gasteiger partial charge is 0.289 e. The lowest BCUT2D eigenvalue weighted by atomic mass is 10.0. The molecule has 0 saturated heterocycles. The molecule has 0 aliphatic heterocycles. The second-order valence-electron chi connectivity index (χ2n) is 3.97. The predicted octanol–water partition coefficient (Wildman–Crippen LogP) is 4.39. The molecule has 0 fully saturated rings. The number of carbonyl (C=O) groups excluding carboxylic acids is 1. The van der Waals surface area contributed by atoms with Gasteiger partial charge < -0.3 is 0 Å². The maximum atomic E-state index is 12.2. The minimum absolute atomic E-state index is 0.0853. The molecule has 0 atom stereocenters. The summed E-state index contributed by atoms with van der Waals surface area (Å²) >= 11 is 4.02. The van der Waals surface area contributed by atoms with Gasteiger partial charge in [0.2, 0.25) is 0 Å². The molecular weight excluding hydrogens is 355 g/mol. The lowest BCUT2D eigenvalue weighted by Crippen LogP contribution is -2.01. The predicted molar refractivity (Wildman–Crippen MR) is 86.3 cm³/mol. The number of benzene rings is 2. The van der Waals surface area contributed by atoms with Crippen molar-refractivity contribution in [2.24, 2.45) is 0 Å². The van der Waals surface area contributed by atoms with E-state index < -0.39 is 0 Å². The van der Waals surface area contributed by atoms with Crippen LogP contribution in [0.1, 0.15) is 21.5 Å². The van der Waals surface area contributed by atoms with Crippen LogP contribution in [0.3, 0.4) is 0 Å². The van der Waals surface area contributed by atoms with Gasteiger partial charge in [0.25, 0.3) is 0 Å². The molecule has 0 aromatic heterocycles. The topological polar surface area (TPSA) is 17.1 Å². The van der Waals surface area contributed by atoms with Crippen LogP contribution in [-0.4, -0.2) is 12.0 Å². The highest BCUT2D eigenvalue weighted by Gasteiger charge is 2.08. The molecule has 92 valence electrons. The molecule has 3 heteroatoms. The highest BCUT2D eigenvalue weighted by atomic mass is 127. The van der Waals surface area contributed by atoms with Gasteiger partial charge in [-0.25, -0.2) is 0 Å². The molecule has 0 heterocycles. The third kappa shape index (κ3) is 3.36. The fraction of sp³-hybridized carbons (Fsp3) is 0.133. The zero-order valence-electron chi connectivity index (χ0n) is 10.0. The van der Waals surface area contributed by atoms with Gasteiger partial charge in [0, 0.05) is 20.4 Å². The molecule has 0 bridgehead atoms. The lowest BCUT2D eigenvalue weighted by molar-refractivity contribution is 0.103. The number of carbonyl (C=O) groups is 1. The minimum Gasteiger partial charge on any atom is -0.289 e. The molecule has 1 nitrogen and oxygen atoms in total. The Balaban J connectivity index is 2.20. The molecule has 0 N–H and O–H groups in total. The Bertz CT molecular complexity index is 531. The van der Waals surface area contributed by atoms with Crippen LogP contribution < -0.4 is 0 Å². The van der Waals surface area contributed by atoms with Crippen molar-refractivity contribution in [1.29, 1.82) is 0 Å². The van der Waals surface area contributed by atoms with Crippen LogP contribution in [0, 0.1) is 3.57 Å². The zero-order chi connectivity index (χ0) is 13.0. The van der Waals surface area contributed by atoms with Crippen molar-refractivity contribution in [3.63, 3.8) is 0 Å². The van der Waals surface area contributed by atoms with Crippen LogP contribution in [0.5, 0.6) is 0 Å². The zero-order valence-corrected chi connectivity index (χ0v) is 13.0. The van der Waals surface area contributed by atoms with Gasteiger partial charge in [-0.3, -0.25) is 4.79 Å². The third-order valence-corrected chi connectivity index (χ3v) is 3.97. The summed E-state index contributed by atoms with van der Waals surface area (Å²) in [5.74, 6) is 1.07. The summed E-state index contributed by atoms with van der Waals surface area (Å²) in [7, 11) is 0. The molecule has 2 aromatic carbocycles. The maximum absolute atomic E-state index is 12.2. The average molecular weight is 368 g/mol. The van der Waals surface area contributed by atoms with Crippen molar-refractivity contribution in [3.8, 4) is 0 Å². The first-order chi connectivity index (χ1) is 8.70. The van der Waals surface area contributed by atoms with Crippen LogP contribution >= 0.6 is 34.4 Å². The van der Waals surface area contributed by atoms with E-state index in [1.54, 1.807) is 11.8 Å². The summed E-state index contributed by atoms with van der Waals surface area (Å²) in [6, 6.07) is 15.5. The maximum Gasteiger partial charge on any atom is 0.193 e. The molecular formula is C15H13IOS. The number of hydrogen-bond acceptors (Lipinski definition) is 2. The first-order valence-electron chi connectivity index (χ1n) is 5.59. The first kappa shape index (κ1) is 13.6. The van der Waals surface area contributed by atoms with Gasteiger partial charge in [-0.15, -0.1) is 0 Å². The number of rotatable bonds is 4. The van der Waals surface area contributed by atoms with E-state index in [9.17, 15) is 4.79 Å². The van der Waals surface area contributed by atoms with Gasteiger partial charge in [-0.2, -0.15) is 11.8 Å². The normalized spacial score (nSPS) is 10.3. The van der Waals surface area contributed by atoms with E-state index in [-0.39, 0.29) is 5.78 Å². The van der Waals surface area contributed by atoms with Gasteiger partial charge in [-0.05, 0) is 58.7 Å².